The van der Waals surface area contributed by atoms with E-state index in [2.05, 4.69) is 9.80 Å². The van der Waals surface area contributed by atoms with E-state index in [1.165, 1.54) is 45.2 Å². The van der Waals surface area contributed by atoms with Gasteiger partial charge in [0.2, 0.25) is 0 Å². The van der Waals surface area contributed by atoms with E-state index in [0.717, 1.165) is 26.2 Å². The second-order valence-corrected chi connectivity index (χ2v) is 6.34. The van der Waals surface area contributed by atoms with Crippen molar-refractivity contribution in [3.63, 3.8) is 0 Å². The second kappa shape index (κ2) is 8.20. The number of aliphatic hydroxyl groups is 2. The molecule has 2 heterocycles. The minimum absolute atomic E-state index is 0.348. The number of hydrogen-bond acceptors (Lipinski definition) is 4. The maximum absolute atomic E-state index is 9.24. The van der Waals surface area contributed by atoms with Crippen LogP contribution in [-0.2, 0) is 0 Å². The zero-order valence-electron chi connectivity index (χ0n) is 12.1. The average molecular weight is 270 g/mol. The summed E-state index contributed by atoms with van der Waals surface area (Å²) in [7, 11) is 0. The minimum atomic E-state index is 0.348. The predicted molar refractivity (Wildman–Crippen MR) is 77.1 cm³/mol. The van der Waals surface area contributed by atoms with E-state index in [9.17, 15) is 10.2 Å². The molecule has 4 nitrogen and oxygen atoms in total. The summed E-state index contributed by atoms with van der Waals surface area (Å²) in [6.07, 6.45) is 6.08. The number of hydrogen-bond donors (Lipinski definition) is 2. The van der Waals surface area contributed by atoms with Crippen molar-refractivity contribution in [2.75, 3.05) is 52.5 Å². The van der Waals surface area contributed by atoms with E-state index in [-0.39, 0.29) is 0 Å². The van der Waals surface area contributed by atoms with Crippen LogP contribution in [0, 0.1) is 11.8 Å². The molecule has 2 aliphatic heterocycles. The van der Waals surface area contributed by atoms with Gasteiger partial charge in [-0.3, -0.25) is 0 Å². The second-order valence-electron chi connectivity index (χ2n) is 6.34. The Hall–Kier alpha value is -0.160. The Balaban J connectivity index is 1.60. The van der Waals surface area contributed by atoms with E-state index in [1.54, 1.807) is 0 Å². The van der Waals surface area contributed by atoms with Gasteiger partial charge in [0.05, 0.1) is 0 Å². The lowest BCUT2D eigenvalue weighted by Crippen LogP contribution is -2.40. The molecule has 0 aromatic rings. The lowest BCUT2D eigenvalue weighted by molar-refractivity contribution is 0.101. The van der Waals surface area contributed by atoms with Crippen molar-refractivity contribution in [3.8, 4) is 0 Å². The third-order valence-corrected chi connectivity index (χ3v) is 4.67. The smallest absolute Gasteiger partial charge is 0.0471 e. The van der Waals surface area contributed by atoms with Gasteiger partial charge in [0.1, 0.15) is 0 Å². The van der Waals surface area contributed by atoms with E-state index in [0.29, 0.717) is 25.0 Å². The molecule has 2 saturated heterocycles. The largest absolute Gasteiger partial charge is 0.396 e. The monoisotopic (exact) mass is 270 g/mol. The number of rotatable bonds is 6. The summed E-state index contributed by atoms with van der Waals surface area (Å²) in [5.74, 6) is 1.00. The van der Waals surface area contributed by atoms with Crippen LogP contribution in [0.2, 0.25) is 0 Å². The van der Waals surface area contributed by atoms with Gasteiger partial charge in [-0.25, -0.2) is 0 Å². The highest BCUT2D eigenvalue weighted by molar-refractivity contribution is 4.75. The molecule has 2 N–H and O–H groups in total. The van der Waals surface area contributed by atoms with Crippen LogP contribution in [0.3, 0.4) is 0 Å². The van der Waals surface area contributed by atoms with Gasteiger partial charge in [-0.05, 0) is 70.1 Å². The van der Waals surface area contributed by atoms with Gasteiger partial charge in [-0.2, -0.15) is 0 Å². The molecule has 4 heteroatoms. The summed E-state index contributed by atoms with van der Waals surface area (Å²) in [5.41, 5.74) is 0. The lowest BCUT2D eigenvalue weighted by Gasteiger charge is -2.34. The standard InChI is InChI=1S/C15H30N2O2/c18-12-14-4-1-6-16(10-14)8-3-9-17-7-2-5-15(11-17)13-19/h14-15,18-19H,1-13H2/t14-,15+. The van der Waals surface area contributed by atoms with Crippen LogP contribution in [0.4, 0.5) is 0 Å². The van der Waals surface area contributed by atoms with Gasteiger partial charge in [0, 0.05) is 26.3 Å². The first kappa shape index (κ1) is 15.2. The Labute approximate surface area is 117 Å². The molecule has 0 saturated carbocycles. The van der Waals surface area contributed by atoms with Crippen LogP contribution >= 0.6 is 0 Å². The topological polar surface area (TPSA) is 46.9 Å². The molecule has 0 amide bonds. The Bertz CT molecular complexity index is 226. The highest BCUT2D eigenvalue weighted by Crippen LogP contribution is 2.18. The zero-order valence-corrected chi connectivity index (χ0v) is 12.1. The van der Waals surface area contributed by atoms with E-state index in [1.807, 2.05) is 0 Å². The van der Waals surface area contributed by atoms with E-state index >= 15 is 0 Å². The van der Waals surface area contributed by atoms with Crippen LogP contribution in [0.1, 0.15) is 32.1 Å². The van der Waals surface area contributed by atoms with Gasteiger partial charge in [0.15, 0.2) is 0 Å². The molecule has 2 atom stereocenters. The average Bonchev–Trinajstić information content (AvgIpc) is 2.48. The van der Waals surface area contributed by atoms with Crippen LogP contribution in [0.15, 0.2) is 0 Å². The number of piperidine rings is 2. The van der Waals surface area contributed by atoms with Gasteiger partial charge in [-0.1, -0.05) is 0 Å². The fourth-order valence-corrected chi connectivity index (χ4v) is 3.52. The molecule has 2 rings (SSSR count). The summed E-state index contributed by atoms with van der Waals surface area (Å²) in [5, 5.41) is 18.5. The molecular weight excluding hydrogens is 240 g/mol. The molecule has 112 valence electrons. The van der Waals surface area contributed by atoms with E-state index in [4.69, 9.17) is 0 Å². The maximum Gasteiger partial charge on any atom is 0.0471 e. The fraction of sp³-hybridized carbons (Fsp3) is 1.00. The normalized spacial score (nSPS) is 30.6. The molecule has 2 aliphatic rings. The molecular formula is C15H30N2O2. The third-order valence-electron chi connectivity index (χ3n) is 4.67. The van der Waals surface area contributed by atoms with Crippen LogP contribution in [0.25, 0.3) is 0 Å². The lowest BCUT2D eigenvalue weighted by atomic mass is 9.98. The summed E-state index contributed by atoms with van der Waals surface area (Å²) < 4.78 is 0. The summed E-state index contributed by atoms with van der Waals surface area (Å²) in [6.45, 7) is 7.59. The van der Waals surface area contributed by atoms with Gasteiger partial charge < -0.3 is 20.0 Å². The zero-order chi connectivity index (χ0) is 13.5. The molecule has 0 unspecified atom stereocenters. The van der Waals surface area contributed by atoms with Crippen molar-refractivity contribution in [3.05, 3.63) is 0 Å². The predicted octanol–water partition coefficient (Wildman–Crippen LogP) is 0.785. The van der Waals surface area contributed by atoms with Crippen molar-refractivity contribution in [1.29, 1.82) is 0 Å². The summed E-state index contributed by atoms with van der Waals surface area (Å²) in [4.78, 5) is 5.02. The molecule has 0 aromatic heterocycles. The highest BCUT2D eigenvalue weighted by Gasteiger charge is 2.21. The molecule has 0 aromatic carbocycles. The molecule has 0 radical (unpaired) electrons. The first-order valence-electron chi connectivity index (χ1n) is 7.98. The molecule has 19 heavy (non-hydrogen) atoms. The van der Waals surface area contributed by atoms with Crippen molar-refractivity contribution < 1.29 is 10.2 Å². The Kier molecular flexibility index (Phi) is 6.57. The Morgan fingerprint density at radius 2 is 1.26 bits per heavy atom. The first-order chi connectivity index (χ1) is 9.31. The van der Waals surface area contributed by atoms with Crippen LogP contribution in [0.5, 0.6) is 0 Å². The summed E-state index contributed by atoms with van der Waals surface area (Å²) >= 11 is 0. The van der Waals surface area contributed by atoms with Gasteiger partial charge in [0.25, 0.3) is 0 Å². The van der Waals surface area contributed by atoms with Crippen molar-refractivity contribution in [2.24, 2.45) is 11.8 Å². The fourth-order valence-electron chi connectivity index (χ4n) is 3.52. The van der Waals surface area contributed by atoms with Gasteiger partial charge >= 0.3 is 0 Å². The van der Waals surface area contributed by atoms with Crippen LogP contribution in [-0.4, -0.2) is 72.5 Å². The highest BCUT2D eigenvalue weighted by atomic mass is 16.3. The van der Waals surface area contributed by atoms with Crippen LogP contribution < -0.4 is 0 Å². The quantitative estimate of drug-likeness (QED) is 0.749. The van der Waals surface area contributed by atoms with E-state index < -0.39 is 0 Å². The van der Waals surface area contributed by atoms with Crippen molar-refractivity contribution in [1.82, 2.24) is 9.80 Å². The number of likely N-dealkylation sites (tertiary alicyclic amines) is 2. The van der Waals surface area contributed by atoms with Crippen molar-refractivity contribution in [2.45, 2.75) is 32.1 Å². The number of nitrogens with zero attached hydrogens (tertiary/aromatic N) is 2. The third kappa shape index (κ3) is 5.03. The first-order valence-corrected chi connectivity index (χ1v) is 7.98. The molecule has 0 aliphatic carbocycles. The SMILES string of the molecule is OC[C@@H]1CCCN(CCCN2CCC[C@H](CO)C2)C1. The Morgan fingerprint density at radius 1 is 0.789 bits per heavy atom. The Morgan fingerprint density at radius 3 is 1.68 bits per heavy atom. The molecule has 0 spiro atoms. The minimum Gasteiger partial charge on any atom is -0.396 e. The maximum atomic E-state index is 9.24. The molecule has 2 fully saturated rings. The molecule has 0 bridgehead atoms. The summed E-state index contributed by atoms with van der Waals surface area (Å²) in [6, 6.07) is 0. The van der Waals surface area contributed by atoms with Crippen molar-refractivity contribution >= 4 is 0 Å². The van der Waals surface area contributed by atoms with Gasteiger partial charge in [-0.15, -0.1) is 0 Å². The number of aliphatic hydroxyl groups excluding tert-OH is 2.